The third kappa shape index (κ3) is 3.11. The quantitative estimate of drug-likeness (QED) is 0.784. The van der Waals surface area contributed by atoms with Gasteiger partial charge in [0, 0.05) is 0 Å². The highest BCUT2D eigenvalue weighted by molar-refractivity contribution is 5.89. The lowest BCUT2D eigenvalue weighted by Crippen LogP contribution is -2.59. The fourth-order valence-corrected chi connectivity index (χ4v) is 1.10. The molecule has 0 saturated heterocycles. The first kappa shape index (κ1) is 14.7. The summed E-state index contributed by atoms with van der Waals surface area (Å²) in [6.07, 6.45) is -4.74. The maximum absolute atomic E-state index is 12.0. The molecule has 0 aliphatic heterocycles. The van der Waals surface area contributed by atoms with E-state index in [9.17, 15) is 22.8 Å². The van der Waals surface area contributed by atoms with Gasteiger partial charge in [-0.1, -0.05) is 20.3 Å². The average Bonchev–Trinajstić information content (AvgIpc) is 2.14. The van der Waals surface area contributed by atoms with E-state index in [0.29, 0.717) is 6.42 Å². The Morgan fingerprint density at radius 2 is 1.81 bits per heavy atom. The summed E-state index contributed by atoms with van der Waals surface area (Å²) in [5, 5.41) is 10.4. The Morgan fingerprint density at radius 1 is 1.38 bits per heavy atom. The van der Waals surface area contributed by atoms with E-state index < -0.39 is 29.5 Å². The molecule has 2 atom stereocenters. The van der Waals surface area contributed by atoms with Gasteiger partial charge in [-0.2, -0.15) is 13.2 Å². The first-order chi connectivity index (χ1) is 7.05. The van der Waals surface area contributed by atoms with Crippen LogP contribution in [0.1, 0.15) is 27.2 Å². The minimum Gasteiger partial charge on any atom is -0.480 e. The molecule has 0 aromatic rings. The molecule has 0 rings (SSSR count). The zero-order valence-electron chi connectivity index (χ0n) is 9.18. The van der Waals surface area contributed by atoms with Crippen LogP contribution in [0.15, 0.2) is 0 Å². The number of aliphatic carboxylic acids is 1. The highest BCUT2D eigenvalue weighted by Gasteiger charge is 2.47. The second-order valence-electron chi connectivity index (χ2n) is 3.77. The van der Waals surface area contributed by atoms with Gasteiger partial charge in [-0.3, -0.25) is 4.79 Å². The molecule has 94 valence electrons. The van der Waals surface area contributed by atoms with Crippen LogP contribution in [-0.4, -0.2) is 28.7 Å². The van der Waals surface area contributed by atoms with E-state index in [1.807, 2.05) is 0 Å². The van der Waals surface area contributed by atoms with E-state index in [0.717, 1.165) is 6.92 Å². The van der Waals surface area contributed by atoms with E-state index >= 15 is 0 Å². The molecule has 16 heavy (non-hydrogen) atoms. The number of hydrogen-bond donors (Lipinski definition) is 2. The molecule has 0 aliphatic rings. The molecule has 0 fully saturated rings. The summed E-state index contributed by atoms with van der Waals surface area (Å²) >= 11 is 0. The van der Waals surface area contributed by atoms with E-state index in [-0.39, 0.29) is 0 Å². The molecule has 0 spiro atoms. The summed E-state index contributed by atoms with van der Waals surface area (Å²) in [5.41, 5.74) is -1.92. The van der Waals surface area contributed by atoms with Gasteiger partial charge in [0.25, 0.3) is 0 Å². The fraction of sp³-hybridized carbons (Fsp3) is 0.778. The predicted molar refractivity (Wildman–Crippen MR) is 49.7 cm³/mol. The third-order valence-electron chi connectivity index (χ3n) is 2.67. The normalized spacial score (nSPS) is 17.4. The van der Waals surface area contributed by atoms with Crippen molar-refractivity contribution in [2.45, 2.75) is 38.9 Å². The maximum Gasteiger partial charge on any atom is 0.471 e. The van der Waals surface area contributed by atoms with Crippen LogP contribution >= 0.6 is 0 Å². The van der Waals surface area contributed by atoms with Gasteiger partial charge in [-0.25, -0.2) is 4.79 Å². The lowest BCUT2D eigenvalue weighted by atomic mass is 9.85. The van der Waals surface area contributed by atoms with Crippen molar-refractivity contribution in [2.75, 3.05) is 0 Å². The van der Waals surface area contributed by atoms with Gasteiger partial charge in [0.1, 0.15) is 5.54 Å². The summed E-state index contributed by atoms with van der Waals surface area (Å²) in [5.74, 6) is -4.34. The fourth-order valence-electron chi connectivity index (χ4n) is 1.10. The molecule has 2 N–H and O–H groups in total. The zero-order valence-corrected chi connectivity index (χ0v) is 9.18. The molecule has 0 unspecified atom stereocenters. The number of carboxylic acids is 1. The molecule has 4 nitrogen and oxygen atoms in total. The van der Waals surface area contributed by atoms with Crippen molar-refractivity contribution in [2.24, 2.45) is 5.92 Å². The summed E-state index contributed by atoms with van der Waals surface area (Å²) in [6.45, 7) is 4.16. The van der Waals surface area contributed by atoms with Crippen molar-refractivity contribution in [3.8, 4) is 0 Å². The first-order valence-electron chi connectivity index (χ1n) is 4.68. The van der Waals surface area contributed by atoms with Gasteiger partial charge >= 0.3 is 18.1 Å². The summed E-state index contributed by atoms with van der Waals surface area (Å²) in [6, 6.07) is 0. The Morgan fingerprint density at radius 3 is 2.06 bits per heavy atom. The van der Waals surface area contributed by atoms with Crippen molar-refractivity contribution in [3.05, 3.63) is 0 Å². The van der Waals surface area contributed by atoms with Gasteiger partial charge in [-0.05, 0) is 12.8 Å². The monoisotopic (exact) mass is 241 g/mol. The number of rotatable bonds is 4. The Kier molecular flexibility index (Phi) is 4.34. The number of alkyl halides is 3. The molecular weight excluding hydrogens is 227 g/mol. The highest BCUT2D eigenvalue weighted by Crippen LogP contribution is 2.23. The van der Waals surface area contributed by atoms with Crippen molar-refractivity contribution < 1.29 is 27.9 Å². The van der Waals surface area contributed by atoms with Gasteiger partial charge in [0.2, 0.25) is 0 Å². The smallest absolute Gasteiger partial charge is 0.471 e. The molecular formula is C9H14F3NO3. The molecule has 0 bridgehead atoms. The van der Waals surface area contributed by atoms with Gasteiger partial charge in [0.05, 0.1) is 0 Å². The number of carbonyl (C=O) groups excluding carboxylic acids is 1. The average molecular weight is 241 g/mol. The van der Waals surface area contributed by atoms with Crippen molar-refractivity contribution in [1.82, 2.24) is 5.32 Å². The maximum atomic E-state index is 12.0. The number of amides is 1. The molecule has 0 aliphatic carbocycles. The summed E-state index contributed by atoms with van der Waals surface area (Å²) < 4.78 is 36.0. The van der Waals surface area contributed by atoms with Crippen LogP contribution in [0.25, 0.3) is 0 Å². The number of halogens is 3. The number of carbonyl (C=O) groups is 2. The third-order valence-corrected chi connectivity index (χ3v) is 2.67. The lowest BCUT2D eigenvalue weighted by molar-refractivity contribution is -0.178. The molecule has 0 saturated carbocycles. The molecule has 0 aromatic heterocycles. The Labute approximate surface area is 90.8 Å². The number of carboxylic acid groups (broad SMARTS) is 1. The first-order valence-corrected chi connectivity index (χ1v) is 4.68. The zero-order chi connectivity index (χ0) is 13.1. The van der Waals surface area contributed by atoms with Crippen molar-refractivity contribution >= 4 is 11.9 Å². The second-order valence-corrected chi connectivity index (χ2v) is 3.77. The van der Waals surface area contributed by atoms with Gasteiger partial charge < -0.3 is 10.4 Å². The van der Waals surface area contributed by atoms with Crippen LogP contribution in [-0.2, 0) is 9.59 Å². The van der Waals surface area contributed by atoms with Crippen molar-refractivity contribution in [1.29, 1.82) is 0 Å². The molecule has 0 aromatic carbocycles. The second kappa shape index (κ2) is 4.71. The Balaban J connectivity index is 4.98. The molecule has 0 heterocycles. The SMILES string of the molecule is CC[C@H](C)[C@](C)(NC(=O)C(F)(F)F)C(=O)O. The Bertz CT molecular complexity index is 290. The minimum absolute atomic E-state index is 0.334. The van der Waals surface area contributed by atoms with Crippen LogP contribution < -0.4 is 5.32 Å². The number of nitrogens with one attached hydrogen (secondary N) is 1. The highest BCUT2D eigenvalue weighted by atomic mass is 19.4. The van der Waals surface area contributed by atoms with Crippen molar-refractivity contribution in [3.63, 3.8) is 0 Å². The lowest BCUT2D eigenvalue weighted by Gasteiger charge is -2.32. The van der Waals surface area contributed by atoms with E-state index in [1.54, 1.807) is 6.92 Å². The molecule has 7 heteroatoms. The van der Waals surface area contributed by atoms with Gasteiger partial charge in [-0.15, -0.1) is 0 Å². The van der Waals surface area contributed by atoms with Crippen LogP contribution in [0.4, 0.5) is 13.2 Å². The minimum atomic E-state index is -5.08. The van der Waals surface area contributed by atoms with Crippen LogP contribution in [0.2, 0.25) is 0 Å². The summed E-state index contributed by atoms with van der Waals surface area (Å²) in [4.78, 5) is 21.6. The molecule has 0 radical (unpaired) electrons. The van der Waals surface area contributed by atoms with E-state index in [2.05, 4.69) is 0 Å². The summed E-state index contributed by atoms with van der Waals surface area (Å²) in [7, 11) is 0. The number of hydrogen-bond acceptors (Lipinski definition) is 2. The van der Waals surface area contributed by atoms with Crippen LogP contribution in [0.3, 0.4) is 0 Å². The van der Waals surface area contributed by atoms with Crippen LogP contribution in [0.5, 0.6) is 0 Å². The predicted octanol–water partition coefficient (Wildman–Crippen LogP) is 1.55. The van der Waals surface area contributed by atoms with Gasteiger partial charge in [0.15, 0.2) is 0 Å². The topological polar surface area (TPSA) is 66.4 Å². The largest absolute Gasteiger partial charge is 0.480 e. The standard InChI is InChI=1S/C9H14F3NO3/c1-4-5(2)8(3,7(15)16)13-6(14)9(10,11)12/h5H,4H2,1-3H3,(H,13,14)(H,15,16)/t5-,8-/m0/s1. The van der Waals surface area contributed by atoms with Crippen LogP contribution in [0, 0.1) is 5.92 Å². The molecule has 1 amide bonds. The Hall–Kier alpha value is -1.27. The van der Waals surface area contributed by atoms with E-state index in [4.69, 9.17) is 5.11 Å². The van der Waals surface area contributed by atoms with E-state index in [1.165, 1.54) is 12.2 Å².